The number of benzene rings is 1. The van der Waals surface area contributed by atoms with Gasteiger partial charge in [-0.15, -0.1) is 0 Å². The molecule has 1 aromatic carbocycles. The summed E-state index contributed by atoms with van der Waals surface area (Å²) in [7, 11) is -3.17. The van der Waals surface area contributed by atoms with Crippen molar-refractivity contribution >= 4 is 33.1 Å². The van der Waals surface area contributed by atoms with Crippen molar-refractivity contribution in [3.63, 3.8) is 0 Å². The zero-order valence-electron chi connectivity index (χ0n) is 13.7. The number of sulfone groups is 1. The van der Waals surface area contributed by atoms with Crippen molar-refractivity contribution in [3.05, 3.63) is 29.6 Å². The van der Waals surface area contributed by atoms with E-state index in [0.717, 1.165) is 5.01 Å². The van der Waals surface area contributed by atoms with E-state index in [0.29, 0.717) is 17.7 Å². The summed E-state index contributed by atoms with van der Waals surface area (Å²) < 4.78 is 36.6. The van der Waals surface area contributed by atoms with Gasteiger partial charge in [-0.1, -0.05) is 6.07 Å². The summed E-state index contributed by atoms with van der Waals surface area (Å²) in [5.74, 6) is -1.41. The van der Waals surface area contributed by atoms with Crippen molar-refractivity contribution in [2.75, 3.05) is 16.8 Å². The van der Waals surface area contributed by atoms with Crippen LogP contribution in [0.4, 0.5) is 10.1 Å². The number of aryl methyl sites for hydroxylation is 1. The third kappa shape index (κ3) is 3.87. The highest BCUT2D eigenvalue weighted by Gasteiger charge is 2.37. The first-order chi connectivity index (χ1) is 11.7. The average Bonchev–Trinajstić information content (AvgIpc) is 2.91. The van der Waals surface area contributed by atoms with Crippen LogP contribution in [-0.2, 0) is 19.4 Å². The Morgan fingerprint density at radius 3 is 2.80 bits per heavy atom. The lowest BCUT2D eigenvalue weighted by Crippen LogP contribution is -2.42. The largest absolute Gasteiger partial charge is 0.321 e. The van der Waals surface area contributed by atoms with E-state index in [1.165, 1.54) is 12.1 Å². The maximum Gasteiger partial charge on any atom is 0.271 e. The van der Waals surface area contributed by atoms with Crippen LogP contribution in [-0.4, -0.2) is 48.5 Å². The number of carbonyl (C=O) groups is 2. The van der Waals surface area contributed by atoms with Crippen molar-refractivity contribution in [3.8, 4) is 0 Å². The maximum absolute atomic E-state index is 13.3. The fraction of sp³-hybridized carbons (Fsp3) is 0.438. The number of hydrogen-bond donors (Lipinski definition) is 1. The lowest BCUT2D eigenvalue weighted by Gasteiger charge is -2.27. The van der Waals surface area contributed by atoms with Crippen molar-refractivity contribution in [1.29, 1.82) is 0 Å². The molecule has 2 aliphatic rings. The van der Waals surface area contributed by atoms with Crippen LogP contribution in [0.15, 0.2) is 23.3 Å². The molecule has 0 aliphatic carbocycles. The molecule has 0 aromatic heterocycles. The lowest BCUT2D eigenvalue weighted by atomic mass is 10.1. The molecule has 1 N–H and O–H groups in total. The zero-order valence-corrected chi connectivity index (χ0v) is 14.5. The van der Waals surface area contributed by atoms with E-state index < -0.39 is 27.6 Å². The molecule has 1 saturated heterocycles. The fourth-order valence-electron chi connectivity index (χ4n) is 2.91. The highest BCUT2D eigenvalue weighted by molar-refractivity contribution is 7.91. The second kappa shape index (κ2) is 6.55. The molecule has 0 radical (unpaired) electrons. The van der Waals surface area contributed by atoms with E-state index in [2.05, 4.69) is 10.4 Å². The Labute approximate surface area is 144 Å². The molecule has 2 amide bonds. The van der Waals surface area contributed by atoms with E-state index in [1.807, 2.05) is 0 Å². The van der Waals surface area contributed by atoms with Crippen LogP contribution in [0.5, 0.6) is 0 Å². The standard InChI is InChI=1S/C16H18FN3O4S/c1-10-2-3-11(17)8-14(10)18-16(22)13-4-5-15(21)20(19-13)12-6-7-25(23,24)9-12/h2-3,8,12H,4-7,9H2,1H3,(H,18,22)/t12-/m0/s1. The second-order valence-electron chi connectivity index (χ2n) is 6.26. The third-order valence-corrected chi connectivity index (χ3v) is 6.07. The van der Waals surface area contributed by atoms with Gasteiger partial charge in [0, 0.05) is 18.5 Å². The van der Waals surface area contributed by atoms with E-state index in [-0.39, 0.29) is 36.0 Å². The molecule has 25 heavy (non-hydrogen) atoms. The monoisotopic (exact) mass is 367 g/mol. The number of hydrazone groups is 1. The van der Waals surface area contributed by atoms with Gasteiger partial charge in [0.2, 0.25) is 5.91 Å². The van der Waals surface area contributed by atoms with Gasteiger partial charge in [0.1, 0.15) is 11.5 Å². The Bertz CT molecular complexity index is 866. The van der Waals surface area contributed by atoms with Crippen LogP contribution < -0.4 is 5.32 Å². The molecule has 1 fully saturated rings. The normalized spacial score (nSPS) is 22.6. The molecule has 2 aliphatic heterocycles. The minimum Gasteiger partial charge on any atom is -0.321 e. The number of carbonyl (C=O) groups excluding carboxylic acids is 2. The molecular weight excluding hydrogens is 349 g/mol. The smallest absolute Gasteiger partial charge is 0.271 e. The summed E-state index contributed by atoms with van der Waals surface area (Å²) in [6, 6.07) is 3.52. The van der Waals surface area contributed by atoms with E-state index in [4.69, 9.17) is 0 Å². The summed E-state index contributed by atoms with van der Waals surface area (Å²) in [4.78, 5) is 24.5. The lowest BCUT2D eigenvalue weighted by molar-refractivity contribution is -0.133. The van der Waals surface area contributed by atoms with Crippen molar-refractivity contribution in [2.45, 2.75) is 32.2 Å². The van der Waals surface area contributed by atoms with Crippen LogP contribution in [0, 0.1) is 12.7 Å². The molecule has 0 saturated carbocycles. The average molecular weight is 367 g/mol. The van der Waals surface area contributed by atoms with Gasteiger partial charge in [-0.05, 0) is 31.0 Å². The predicted molar refractivity (Wildman–Crippen MR) is 90.3 cm³/mol. The molecule has 2 heterocycles. The molecule has 7 nitrogen and oxygen atoms in total. The Kier molecular flexibility index (Phi) is 4.59. The number of rotatable bonds is 3. The predicted octanol–water partition coefficient (Wildman–Crippen LogP) is 1.24. The van der Waals surface area contributed by atoms with Crippen molar-refractivity contribution in [2.24, 2.45) is 5.10 Å². The van der Waals surface area contributed by atoms with Gasteiger partial charge in [0.05, 0.1) is 17.5 Å². The van der Waals surface area contributed by atoms with Crippen molar-refractivity contribution in [1.82, 2.24) is 5.01 Å². The highest BCUT2D eigenvalue weighted by Crippen LogP contribution is 2.23. The number of nitrogens with one attached hydrogen (secondary N) is 1. The quantitative estimate of drug-likeness (QED) is 0.869. The summed E-state index contributed by atoms with van der Waals surface area (Å²) >= 11 is 0. The molecule has 0 bridgehead atoms. The molecule has 3 rings (SSSR count). The highest BCUT2D eigenvalue weighted by atomic mass is 32.2. The maximum atomic E-state index is 13.3. The molecule has 1 aromatic rings. The molecule has 9 heteroatoms. The van der Waals surface area contributed by atoms with Gasteiger partial charge in [-0.3, -0.25) is 9.59 Å². The fourth-order valence-corrected chi connectivity index (χ4v) is 4.60. The summed E-state index contributed by atoms with van der Waals surface area (Å²) in [6.07, 6.45) is 0.565. The van der Waals surface area contributed by atoms with E-state index >= 15 is 0 Å². The van der Waals surface area contributed by atoms with Crippen LogP contribution in [0.2, 0.25) is 0 Å². The first-order valence-electron chi connectivity index (χ1n) is 7.92. The Balaban J connectivity index is 1.79. The van der Waals surface area contributed by atoms with Gasteiger partial charge in [0.25, 0.3) is 5.91 Å². The SMILES string of the molecule is Cc1ccc(F)cc1NC(=O)C1=NN([C@H]2CCS(=O)(=O)C2)C(=O)CC1. The van der Waals surface area contributed by atoms with Gasteiger partial charge >= 0.3 is 0 Å². The molecule has 0 spiro atoms. The van der Waals surface area contributed by atoms with Crippen LogP contribution in [0.25, 0.3) is 0 Å². The molecule has 1 atom stereocenters. The third-order valence-electron chi connectivity index (χ3n) is 4.32. The Morgan fingerprint density at radius 1 is 1.36 bits per heavy atom. The second-order valence-corrected chi connectivity index (χ2v) is 8.48. The first kappa shape index (κ1) is 17.5. The minimum absolute atomic E-state index is 0.0149. The van der Waals surface area contributed by atoms with Crippen molar-refractivity contribution < 1.29 is 22.4 Å². The van der Waals surface area contributed by atoms with Gasteiger partial charge in [-0.25, -0.2) is 17.8 Å². The molecule has 134 valence electrons. The van der Waals surface area contributed by atoms with Crippen LogP contribution >= 0.6 is 0 Å². The number of anilines is 1. The summed E-state index contributed by atoms with van der Waals surface area (Å²) in [5, 5.41) is 7.81. The Morgan fingerprint density at radius 2 is 2.12 bits per heavy atom. The first-order valence-corrected chi connectivity index (χ1v) is 9.75. The Hall–Kier alpha value is -2.29. The van der Waals surface area contributed by atoms with Crippen LogP contribution in [0.3, 0.4) is 0 Å². The van der Waals surface area contributed by atoms with E-state index in [1.54, 1.807) is 13.0 Å². The molecular formula is C16H18FN3O4S. The molecule has 0 unspecified atom stereocenters. The number of hydrogen-bond acceptors (Lipinski definition) is 5. The summed E-state index contributed by atoms with van der Waals surface area (Å²) in [5.41, 5.74) is 1.16. The van der Waals surface area contributed by atoms with E-state index in [9.17, 15) is 22.4 Å². The summed E-state index contributed by atoms with van der Waals surface area (Å²) in [6.45, 7) is 1.73. The number of nitrogens with zero attached hydrogens (tertiary/aromatic N) is 2. The number of amides is 2. The number of halogens is 1. The minimum atomic E-state index is -3.17. The topological polar surface area (TPSA) is 95.9 Å². The zero-order chi connectivity index (χ0) is 18.2. The van der Waals surface area contributed by atoms with Gasteiger partial charge in [0.15, 0.2) is 9.84 Å². The van der Waals surface area contributed by atoms with Gasteiger partial charge < -0.3 is 5.32 Å². The van der Waals surface area contributed by atoms with Crippen LogP contribution in [0.1, 0.15) is 24.8 Å². The van der Waals surface area contributed by atoms with Gasteiger partial charge in [-0.2, -0.15) is 5.10 Å².